The van der Waals surface area contributed by atoms with Gasteiger partial charge < -0.3 is 69.3 Å². The third-order valence-corrected chi connectivity index (χ3v) is 6.87. The molecule has 0 bridgehead atoms. The molecule has 0 amide bonds. The first-order valence-electron chi connectivity index (χ1n) is 12.4. The molecule has 15 heteroatoms. The van der Waals surface area contributed by atoms with Crippen LogP contribution in [0.15, 0.2) is 45.6 Å². The molecule has 3 heterocycles. The summed E-state index contributed by atoms with van der Waals surface area (Å²) >= 11 is 0. The van der Waals surface area contributed by atoms with Crippen molar-refractivity contribution in [2.75, 3.05) is 13.2 Å². The normalized spacial score (nSPS) is 31.9. The monoisotopic (exact) mass is 580 g/mol. The Morgan fingerprint density at radius 3 is 2.05 bits per heavy atom. The standard InChI is InChI=1S/C26H28O15/c27-7-14-17(31)21(35)25(39-14)37-8-15-18(32)20(34)22(36)26(40-15)41-24-19(33)16-12(30)5-11(29)6-13(16)38-23(24)9-1-3-10(28)4-2-9/h1-6,14-15,17-18,20-22,25-32,34-36H,7-8H2. The summed E-state index contributed by atoms with van der Waals surface area (Å²) in [5.74, 6) is -1.97. The van der Waals surface area contributed by atoms with Gasteiger partial charge in [-0.05, 0) is 24.3 Å². The van der Waals surface area contributed by atoms with Crippen LogP contribution in [-0.2, 0) is 14.2 Å². The second-order valence-electron chi connectivity index (χ2n) is 9.65. The number of benzene rings is 2. The lowest BCUT2D eigenvalue weighted by Crippen LogP contribution is -2.60. The van der Waals surface area contributed by atoms with Crippen LogP contribution in [0.1, 0.15) is 0 Å². The van der Waals surface area contributed by atoms with Gasteiger partial charge in [-0.2, -0.15) is 0 Å². The van der Waals surface area contributed by atoms with Crippen molar-refractivity contribution in [2.24, 2.45) is 0 Å². The van der Waals surface area contributed by atoms with E-state index in [0.717, 1.165) is 12.1 Å². The first kappa shape index (κ1) is 29.0. The number of aromatic hydroxyl groups is 3. The highest BCUT2D eigenvalue weighted by Crippen LogP contribution is 2.37. The molecule has 9 atom stereocenters. The van der Waals surface area contributed by atoms with E-state index in [4.69, 9.17) is 23.4 Å². The minimum absolute atomic E-state index is 0.102. The minimum Gasteiger partial charge on any atom is -0.508 e. The van der Waals surface area contributed by atoms with E-state index in [2.05, 4.69) is 0 Å². The Kier molecular flexibility index (Phi) is 8.06. The van der Waals surface area contributed by atoms with Gasteiger partial charge in [-0.1, -0.05) is 0 Å². The second-order valence-corrected chi connectivity index (χ2v) is 9.65. The smallest absolute Gasteiger partial charge is 0.239 e. The van der Waals surface area contributed by atoms with Crippen LogP contribution in [0.4, 0.5) is 0 Å². The van der Waals surface area contributed by atoms with E-state index in [9.17, 15) is 50.8 Å². The number of aliphatic hydroxyl groups is 6. The van der Waals surface area contributed by atoms with E-state index in [0.29, 0.717) is 0 Å². The second kappa shape index (κ2) is 11.4. The highest BCUT2D eigenvalue weighted by atomic mass is 16.7. The van der Waals surface area contributed by atoms with Crippen LogP contribution < -0.4 is 10.2 Å². The number of hydrogen-bond donors (Lipinski definition) is 9. The highest BCUT2D eigenvalue weighted by Gasteiger charge is 2.48. The number of phenols is 3. The third-order valence-electron chi connectivity index (χ3n) is 6.87. The lowest BCUT2D eigenvalue weighted by Gasteiger charge is -2.40. The third kappa shape index (κ3) is 5.42. The molecule has 1 aromatic heterocycles. The molecule has 0 spiro atoms. The molecular formula is C26H28O15. The zero-order chi connectivity index (χ0) is 29.6. The molecular weight excluding hydrogens is 552 g/mol. The Morgan fingerprint density at radius 1 is 0.756 bits per heavy atom. The van der Waals surface area contributed by atoms with Crippen LogP contribution in [0.2, 0.25) is 0 Å². The number of hydrogen-bond acceptors (Lipinski definition) is 15. The maximum Gasteiger partial charge on any atom is 0.239 e. The number of rotatable bonds is 7. The molecule has 0 aliphatic carbocycles. The summed E-state index contributed by atoms with van der Waals surface area (Å²) in [6.07, 6.45) is -14.3. The van der Waals surface area contributed by atoms with Crippen molar-refractivity contribution >= 4 is 11.0 Å². The van der Waals surface area contributed by atoms with E-state index < -0.39 is 91.2 Å². The van der Waals surface area contributed by atoms with E-state index in [1.165, 1.54) is 24.3 Å². The first-order valence-corrected chi connectivity index (χ1v) is 12.4. The van der Waals surface area contributed by atoms with E-state index >= 15 is 0 Å². The Hall–Kier alpha value is -3.51. The average Bonchev–Trinajstić information content (AvgIpc) is 3.21. The van der Waals surface area contributed by atoms with Crippen LogP contribution in [0.5, 0.6) is 23.0 Å². The highest BCUT2D eigenvalue weighted by molar-refractivity contribution is 5.88. The van der Waals surface area contributed by atoms with Gasteiger partial charge in [0.25, 0.3) is 0 Å². The van der Waals surface area contributed by atoms with Crippen molar-refractivity contribution in [1.29, 1.82) is 0 Å². The van der Waals surface area contributed by atoms with Crippen LogP contribution in [0.25, 0.3) is 22.3 Å². The van der Waals surface area contributed by atoms with Crippen molar-refractivity contribution in [3.05, 3.63) is 46.6 Å². The summed E-state index contributed by atoms with van der Waals surface area (Å²) in [6, 6.07) is 7.33. The van der Waals surface area contributed by atoms with Gasteiger partial charge in [0, 0.05) is 17.7 Å². The molecule has 2 aromatic carbocycles. The molecule has 0 radical (unpaired) electrons. The van der Waals surface area contributed by atoms with E-state index in [1.54, 1.807) is 0 Å². The van der Waals surface area contributed by atoms with Crippen molar-refractivity contribution < 1.29 is 69.3 Å². The van der Waals surface area contributed by atoms with Gasteiger partial charge in [-0.3, -0.25) is 4.79 Å². The molecule has 9 unspecified atom stereocenters. The van der Waals surface area contributed by atoms with Gasteiger partial charge >= 0.3 is 0 Å². The van der Waals surface area contributed by atoms with E-state index in [1.807, 2.05) is 0 Å². The summed E-state index contributed by atoms with van der Waals surface area (Å²) in [5.41, 5.74) is -0.953. The van der Waals surface area contributed by atoms with Crippen molar-refractivity contribution in [3.63, 3.8) is 0 Å². The van der Waals surface area contributed by atoms with E-state index in [-0.39, 0.29) is 28.0 Å². The largest absolute Gasteiger partial charge is 0.508 e. The predicted molar refractivity (Wildman–Crippen MR) is 134 cm³/mol. The Morgan fingerprint density at radius 2 is 1.39 bits per heavy atom. The molecule has 15 nitrogen and oxygen atoms in total. The summed E-state index contributed by atoms with van der Waals surface area (Å²) in [5, 5.41) is 90.3. The number of fused-ring (bicyclic) bond motifs is 1. The molecule has 222 valence electrons. The summed E-state index contributed by atoms with van der Waals surface area (Å²) in [6.45, 7) is -1.16. The fourth-order valence-electron chi connectivity index (χ4n) is 4.64. The topological polar surface area (TPSA) is 249 Å². The molecule has 5 rings (SSSR count). The van der Waals surface area contributed by atoms with Gasteiger partial charge in [-0.15, -0.1) is 0 Å². The number of aliphatic hydroxyl groups excluding tert-OH is 6. The summed E-state index contributed by atoms with van der Waals surface area (Å²) in [7, 11) is 0. The molecule has 3 aromatic rings. The first-order chi connectivity index (χ1) is 19.5. The van der Waals surface area contributed by atoms with Crippen LogP contribution in [0.3, 0.4) is 0 Å². The van der Waals surface area contributed by atoms with Crippen LogP contribution >= 0.6 is 0 Å². The molecule has 0 saturated carbocycles. The zero-order valence-electron chi connectivity index (χ0n) is 21.0. The Bertz CT molecular complexity index is 1440. The van der Waals surface area contributed by atoms with Crippen LogP contribution in [0, 0.1) is 0 Å². The van der Waals surface area contributed by atoms with Crippen LogP contribution in [-0.4, -0.2) is 114 Å². The Balaban J connectivity index is 1.46. The number of phenolic OH excluding ortho intramolecular Hbond substituents is 3. The molecule has 2 aliphatic rings. The van der Waals surface area contributed by atoms with Gasteiger partial charge in [0.05, 0.1) is 13.2 Å². The predicted octanol–water partition coefficient (Wildman–Crippen LogP) is -1.78. The van der Waals surface area contributed by atoms with Gasteiger partial charge in [0.2, 0.25) is 17.5 Å². The molecule has 41 heavy (non-hydrogen) atoms. The minimum atomic E-state index is -1.91. The summed E-state index contributed by atoms with van der Waals surface area (Å²) in [4.78, 5) is 13.5. The molecule has 9 N–H and O–H groups in total. The maximum absolute atomic E-state index is 13.5. The molecule has 2 fully saturated rings. The van der Waals surface area contributed by atoms with Crippen molar-refractivity contribution in [3.8, 4) is 34.3 Å². The lowest BCUT2D eigenvalue weighted by atomic mass is 9.99. The maximum atomic E-state index is 13.5. The SMILES string of the molecule is O=c1c(OC2OC(COC3OC(CO)C(O)C3O)C(O)C(O)C2O)c(-c2ccc(O)cc2)oc2cc(O)cc(O)c12. The van der Waals surface area contributed by atoms with Crippen molar-refractivity contribution in [2.45, 2.75) is 55.3 Å². The average molecular weight is 580 g/mol. The van der Waals surface area contributed by atoms with Gasteiger partial charge in [0.15, 0.2) is 12.1 Å². The molecule has 2 aliphatic heterocycles. The van der Waals surface area contributed by atoms with Gasteiger partial charge in [-0.25, -0.2) is 0 Å². The zero-order valence-corrected chi connectivity index (χ0v) is 21.0. The molecule has 2 saturated heterocycles. The van der Waals surface area contributed by atoms with Gasteiger partial charge in [0.1, 0.15) is 70.9 Å². The lowest BCUT2D eigenvalue weighted by molar-refractivity contribution is -0.290. The summed E-state index contributed by atoms with van der Waals surface area (Å²) < 4.78 is 27.7. The number of ether oxygens (including phenoxy) is 4. The quantitative estimate of drug-likeness (QED) is 0.150. The van der Waals surface area contributed by atoms with Crippen molar-refractivity contribution in [1.82, 2.24) is 0 Å². The fourth-order valence-corrected chi connectivity index (χ4v) is 4.64. The fraction of sp³-hybridized carbons (Fsp3) is 0.423. The Labute approximate surface area is 230 Å².